The lowest BCUT2D eigenvalue weighted by atomic mass is 9.98. The van der Waals surface area contributed by atoms with Crippen LogP contribution in [0.25, 0.3) is 11.1 Å². The molecule has 12 heteroatoms. The van der Waals surface area contributed by atoms with E-state index in [9.17, 15) is 29.4 Å². The summed E-state index contributed by atoms with van der Waals surface area (Å²) in [5, 5.41) is 24.6. The van der Waals surface area contributed by atoms with E-state index in [0.717, 1.165) is 29.4 Å². The van der Waals surface area contributed by atoms with Crippen LogP contribution in [0.15, 0.2) is 48.5 Å². The van der Waals surface area contributed by atoms with Gasteiger partial charge in [0.15, 0.2) is 12.1 Å². The lowest BCUT2D eigenvalue weighted by Crippen LogP contribution is -2.57. The zero-order valence-corrected chi connectivity index (χ0v) is 22.9. The van der Waals surface area contributed by atoms with Crippen molar-refractivity contribution in [2.24, 2.45) is 0 Å². The van der Waals surface area contributed by atoms with Crippen molar-refractivity contribution in [3.05, 3.63) is 59.7 Å². The molecule has 214 valence electrons. The molecule has 0 bridgehead atoms. The minimum absolute atomic E-state index is 0.111. The van der Waals surface area contributed by atoms with Crippen LogP contribution in [0.4, 0.5) is 4.79 Å². The van der Waals surface area contributed by atoms with E-state index in [0.29, 0.717) is 19.4 Å². The van der Waals surface area contributed by atoms with Crippen LogP contribution in [-0.2, 0) is 23.9 Å². The Morgan fingerprint density at radius 1 is 1.05 bits per heavy atom. The molecule has 0 radical (unpaired) electrons. The van der Waals surface area contributed by atoms with Crippen molar-refractivity contribution in [3.63, 3.8) is 0 Å². The standard InChI is InChI=1S/C28H33N3O8S/c1-38-27(36)21(13-32)29-26(35)24(33)22(15-40)30-25(34)23-11-6-12-31(23)28(37)39-14-20-18-9-4-2-7-16(18)17-8-3-5-10-19(17)20/h2-5,7-10,20-24,32-33,40H,6,11-15H2,1H3,(H,29,35)(H,30,34)/t21-,22-,23-,24+/m0/s1. The molecular weight excluding hydrogens is 538 g/mol. The normalized spacial score (nSPS) is 18.2. The third-order valence-electron chi connectivity index (χ3n) is 7.28. The molecule has 2 aliphatic rings. The van der Waals surface area contributed by atoms with E-state index in [1.165, 1.54) is 4.90 Å². The van der Waals surface area contributed by atoms with Crippen LogP contribution in [0.2, 0.25) is 0 Å². The van der Waals surface area contributed by atoms with Gasteiger partial charge in [-0.25, -0.2) is 9.59 Å². The zero-order valence-electron chi connectivity index (χ0n) is 22.0. The van der Waals surface area contributed by atoms with E-state index in [-0.39, 0.29) is 18.3 Å². The molecule has 0 aromatic heterocycles. The van der Waals surface area contributed by atoms with Gasteiger partial charge < -0.3 is 30.3 Å². The minimum atomic E-state index is -1.77. The number of rotatable bonds is 10. The second-order valence-electron chi connectivity index (χ2n) is 9.66. The van der Waals surface area contributed by atoms with Gasteiger partial charge in [-0.3, -0.25) is 14.5 Å². The summed E-state index contributed by atoms with van der Waals surface area (Å²) >= 11 is 4.13. The first-order valence-corrected chi connectivity index (χ1v) is 13.6. The zero-order chi connectivity index (χ0) is 28.8. The van der Waals surface area contributed by atoms with E-state index in [4.69, 9.17) is 4.74 Å². The van der Waals surface area contributed by atoms with Crippen LogP contribution < -0.4 is 10.6 Å². The van der Waals surface area contributed by atoms with Gasteiger partial charge in [0.05, 0.1) is 19.8 Å². The quantitative estimate of drug-likeness (QED) is 0.208. The number of carbonyl (C=O) groups excluding carboxylic acids is 4. The Hall–Kier alpha value is -3.61. The summed E-state index contributed by atoms with van der Waals surface area (Å²) in [5.41, 5.74) is 4.36. The Morgan fingerprint density at radius 3 is 2.25 bits per heavy atom. The van der Waals surface area contributed by atoms with Gasteiger partial charge in [-0.1, -0.05) is 48.5 Å². The maximum atomic E-state index is 13.1. The summed E-state index contributed by atoms with van der Waals surface area (Å²) in [4.78, 5) is 51.7. The summed E-state index contributed by atoms with van der Waals surface area (Å²) in [6, 6.07) is 12.6. The van der Waals surface area contributed by atoms with Crippen molar-refractivity contribution in [3.8, 4) is 11.1 Å². The third-order valence-corrected chi connectivity index (χ3v) is 7.68. The summed E-state index contributed by atoms with van der Waals surface area (Å²) in [7, 11) is 1.09. The Balaban J connectivity index is 1.37. The molecule has 1 aliphatic heterocycles. The second kappa shape index (κ2) is 13.2. The molecule has 11 nitrogen and oxygen atoms in total. The molecule has 4 atom stereocenters. The number of aliphatic hydroxyl groups is 2. The molecule has 1 fully saturated rings. The lowest BCUT2D eigenvalue weighted by Gasteiger charge is -2.28. The maximum Gasteiger partial charge on any atom is 0.410 e. The minimum Gasteiger partial charge on any atom is -0.467 e. The number of fused-ring (bicyclic) bond motifs is 3. The van der Waals surface area contributed by atoms with E-state index >= 15 is 0 Å². The number of thiol groups is 1. The monoisotopic (exact) mass is 571 g/mol. The molecule has 1 aliphatic carbocycles. The molecule has 2 aromatic carbocycles. The Morgan fingerprint density at radius 2 is 1.68 bits per heavy atom. The molecule has 2 aromatic rings. The number of aliphatic hydroxyl groups excluding tert-OH is 2. The summed E-state index contributed by atoms with van der Waals surface area (Å²) in [5.74, 6) is -2.69. The van der Waals surface area contributed by atoms with Gasteiger partial charge in [0.1, 0.15) is 12.6 Å². The molecule has 1 saturated heterocycles. The fourth-order valence-corrected chi connectivity index (χ4v) is 5.49. The number of nitrogens with zero attached hydrogens (tertiary/aromatic N) is 1. The van der Waals surface area contributed by atoms with E-state index in [1.54, 1.807) is 0 Å². The Bertz CT molecular complexity index is 1210. The van der Waals surface area contributed by atoms with Gasteiger partial charge in [0.25, 0.3) is 5.91 Å². The third kappa shape index (κ3) is 6.08. The smallest absolute Gasteiger partial charge is 0.410 e. The molecule has 0 unspecified atom stereocenters. The fourth-order valence-electron chi connectivity index (χ4n) is 5.20. The number of esters is 1. The van der Waals surface area contributed by atoms with Crippen molar-refractivity contribution in [1.29, 1.82) is 0 Å². The SMILES string of the molecule is COC(=O)[C@H](CO)NC(=O)[C@H](O)[C@H](CS)NC(=O)[C@@H]1CCCN1C(=O)OCC1c2ccccc2-c2ccccc21. The maximum absolute atomic E-state index is 13.1. The molecule has 3 amide bonds. The molecule has 4 rings (SSSR count). The molecule has 0 saturated carbocycles. The Kier molecular flexibility index (Phi) is 9.67. The highest BCUT2D eigenvalue weighted by molar-refractivity contribution is 7.80. The molecule has 0 spiro atoms. The number of methoxy groups -OCH3 is 1. The van der Waals surface area contributed by atoms with Crippen molar-refractivity contribution in [2.45, 2.75) is 43.0 Å². The van der Waals surface area contributed by atoms with Gasteiger partial charge in [-0.2, -0.15) is 12.6 Å². The van der Waals surface area contributed by atoms with E-state index < -0.39 is 54.7 Å². The first-order chi connectivity index (χ1) is 19.3. The first kappa shape index (κ1) is 29.4. The summed E-state index contributed by atoms with van der Waals surface area (Å²) in [6.07, 6.45) is -1.44. The molecular formula is C28H33N3O8S. The largest absolute Gasteiger partial charge is 0.467 e. The van der Waals surface area contributed by atoms with Crippen LogP contribution >= 0.6 is 12.6 Å². The first-order valence-electron chi connectivity index (χ1n) is 13.0. The average molecular weight is 572 g/mol. The van der Waals surface area contributed by atoms with Gasteiger partial charge in [0.2, 0.25) is 5.91 Å². The van der Waals surface area contributed by atoms with Crippen LogP contribution in [-0.4, -0.2) is 95.8 Å². The van der Waals surface area contributed by atoms with Crippen molar-refractivity contribution < 1.29 is 38.9 Å². The summed E-state index contributed by atoms with van der Waals surface area (Å²) in [6.45, 7) is -0.303. The number of ether oxygens (including phenoxy) is 2. The van der Waals surface area contributed by atoms with E-state index in [1.807, 2.05) is 48.5 Å². The highest BCUT2D eigenvalue weighted by Gasteiger charge is 2.39. The Labute approximate surface area is 237 Å². The van der Waals surface area contributed by atoms with Crippen molar-refractivity contribution in [2.75, 3.05) is 32.6 Å². The second-order valence-corrected chi connectivity index (χ2v) is 10.0. The highest BCUT2D eigenvalue weighted by atomic mass is 32.1. The summed E-state index contributed by atoms with van der Waals surface area (Å²) < 4.78 is 10.2. The number of hydrogen-bond acceptors (Lipinski definition) is 9. The topological polar surface area (TPSA) is 154 Å². The van der Waals surface area contributed by atoms with Gasteiger partial charge in [-0.05, 0) is 35.1 Å². The van der Waals surface area contributed by atoms with Crippen LogP contribution in [0.5, 0.6) is 0 Å². The van der Waals surface area contributed by atoms with E-state index in [2.05, 4.69) is 28.0 Å². The van der Waals surface area contributed by atoms with Gasteiger partial charge in [-0.15, -0.1) is 0 Å². The lowest BCUT2D eigenvalue weighted by molar-refractivity contribution is -0.148. The van der Waals surface area contributed by atoms with Crippen molar-refractivity contribution >= 4 is 36.5 Å². The number of carbonyl (C=O) groups is 4. The molecule has 40 heavy (non-hydrogen) atoms. The van der Waals surface area contributed by atoms with Gasteiger partial charge >= 0.3 is 12.1 Å². The fraction of sp³-hybridized carbons (Fsp3) is 0.429. The highest BCUT2D eigenvalue weighted by Crippen LogP contribution is 2.44. The number of nitrogens with one attached hydrogen (secondary N) is 2. The average Bonchev–Trinajstić information content (AvgIpc) is 3.60. The van der Waals surface area contributed by atoms with Crippen LogP contribution in [0, 0.1) is 0 Å². The molecule has 4 N–H and O–H groups in total. The van der Waals surface area contributed by atoms with Crippen LogP contribution in [0.3, 0.4) is 0 Å². The van der Waals surface area contributed by atoms with Crippen LogP contribution in [0.1, 0.15) is 29.9 Å². The number of hydrogen-bond donors (Lipinski definition) is 5. The van der Waals surface area contributed by atoms with Gasteiger partial charge in [0, 0.05) is 18.2 Å². The van der Waals surface area contributed by atoms with Crippen molar-refractivity contribution in [1.82, 2.24) is 15.5 Å². The number of amides is 3. The number of likely N-dealkylation sites (tertiary alicyclic amines) is 1. The predicted molar refractivity (Wildman–Crippen MR) is 148 cm³/mol. The molecule has 1 heterocycles. The predicted octanol–water partition coefficient (Wildman–Crippen LogP) is 0.826. The number of benzene rings is 2.